The topological polar surface area (TPSA) is 31.5 Å². The molecule has 1 aliphatic rings. The van der Waals surface area contributed by atoms with Gasteiger partial charge in [0.05, 0.1) is 0 Å². The van der Waals surface area contributed by atoms with Gasteiger partial charge in [0, 0.05) is 0 Å². The molecule has 1 heteroatoms. The average Bonchev–Trinajstić information content (AvgIpc) is 2.34. The van der Waals surface area contributed by atoms with E-state index in [0.717, 1.165) is 5.92 Å². The fourth-order valence-electron chi connectivity index (χ4n) is 1.98. The molecule has 0 spiro atoms. The Morgan fingerprint density at radius 2 is 1.18 bits per heavy atom. The third kappa shape index (κ3) is 21.7. The lowest BCUT2D eigenvalue weighted by molar-refractivity contribution is 0.385. The highest BCUT2D eigenvalue weighted by Gasteiger charge is 2.05. The van der Waals surface area contributed by atoms with Gasteiger partial charge in [-0.1, -0.05) is 98.8 Å². The molecule has 2 N–H and O–H groups in total. The highest BCUT2D eigenvalue weighted by atomic mass is 16.0. The van der Waals surface area contributed by atoms with Crippen LogP contribution in [0.2, 0.25) is 0 Å². The molecule has 0 aromatic rings. The molecule has 1 nitrogen and oxygen atoms in total. The van der Waals surface area contributed by atoms with E-state index in [2.05, 4.69) is 20.8 Å². The first-order valence-corrected chi connectivity index (χ1v) is 7.81. The van der Waals surface area contributed by atoms with Crippen molar-refractivity contribution >= 4 is 0 Å². The molecule has 1 fully saturated rings. The number of hydrogen-bond donors (Lipinski definition) is 0. The second-order valence-corrected chi connectivity index (χ2v) is 4.80. The molecular weight excluding hydrogens is 208 g/mol. The Labute approximate surface area is 111 Å². The van der Waals surface area contributed by atoms with Crippen molar-refractivity contribution in [2.45, 2.75) is 98.8 Å². The molecule has 17 heavy (non-hydrogen) atoms. The van der Waals surface area contributed by atoms with Gasteiger partial charge in [-0.3, -0.25) is 0 Å². The van der Waals surface area contributed by atoms with Crippen LogP contribution in [0, 0.1) is 5.92 Å². The molecule has 0 radical (unpaired) electrons. The Morgan fingerprint density at radius 3 is 1.41 bits per heavy atom. The van der Waals surface area contributed by atoms with Crippen LogP contribution in [0.25, 0.3) is 0 Å². The molecule has 1 saturated carbocycles. The zero-order valence-electron chi connectivity index (χ0n) is 13.1. The number of rotatable bonds is 4. The summed E-state index contributed by atoms with van der Waals surface area (Å²) in [4.78, 5) is 0. The van der Waals surface area contributed by atoms with Crippen molar-refractivity contribution in [1.82, 2.24) is 0 Å². The zero-order chi connectivity index (χ0) is 12.6. The normalized spacial score (nSPS) is 14.6. The van der Waals surface area contributed by atoms with Crippen molar-refractivity contribution in [2.75, 3.05) is 0 Å². The minimum atomic E-state index is 0. The van der Waals surface area contributed by atoms with Gasteiger partial charge >= 0.3 is 0 Å². The standard InChI is InChI=1S/C7H14.C7H16.C2H6.H2O/c1-7-5-3-2-4-6-7;1-3-5-7-6-4-2;1-2;/h7H,2-6H2,1H3;3-7H2,1-2H3;1-2H3;1H2. The zero-order valence-corrected chi connectivity index (χ0v) is 13.1. The molecule has 0 aromatic heterocycles. The molecule has 0 unspecified atom stereocenters. The molecule has 0 heterocycles. The van der Waals surface area contributed by atoms with Crippen molar-refractivity contribution in [2.24, 2.45) is 5.92 Å². The van der Waals surface area contributed by atoms with Crippen LogP contribution >= 0.6 is 0 Å². The van der Waals surface area contributed by atoms with Gasteiger partial charge in [0.2, 0.25) is 0 Å². The molecule has 0 aromatic carbocycles. The number of unbranched alkanes of at least 4 members (excludes halogenated alkanes) is 4. The van der Waals surface area contributed by atoms with Gasteiger partial charge in [-0.05, 0) is 5.92 Å². The lowest BCUT2D eigenvalue weighted by Crippen LogP contribution is -1.99. The molecule has 0 aliphatic heterocycles. The molecule has 0 bridgehead atoms. The fourth-order valence-corrected chi connectivity index (χ4v) is 1.98. The van der Waals surface area contributed by atoms with E-state index in [0.29, 0.717) is 0 Å². The summed E-state index contributed by atoms with van der Waals surface area (Å²) in [6.45, 7) is 10.9. The monoisotopic (exact) mass is 246 g/mol. The van der Waals surface area contributed by atoms with E-state index >= 15 is 0 Å². The van der Waals surface area contributed by atoms with Crippen molar-refractivity contribution in [3.8, 4) is 0 Å². The SMILES string of the molecule is CC.CC1CCCCC1.CCCCCCC.O. The quantitative estimate of drug-likeness (QED) is 0.564. The van der Waals surface area contributed by atoms with Gasteiger partial charge in [-0.25, -0.2) is 0 Å². The third-order valence-corrected chi connectivity index (χ3v) is 3.10. The molecule has 0 atom stereocenters. The van der Waals surface area contributed by atoms with E-state index in [1.54, 1.807) is 0 Å². The van der Waals surface area contributed by atoms with Crippen LogP contribution in [0.4, 0.5) is 0 Å². The fraction of sp³-hybridized carbons (Fsp3) is 1.00. The summed E-state index contributed by atoms with van der Waals surface area (Å²) in [6, 6.07) is 0. The Hall–Kier alpha value is -0.0400. The minimum Gasteiger partial charge on any atom is -0.412 e. The third-order valence-electron chi connectivity index (χ3n) is 3.10. The molecule has 1 aliphatic carbocycles. The number of hydrogen-bond acceptors (Lipinski definition) is 0. The van der Waals surface area contributed by atoms with Gasteiger partial charge in [0.1, 0.15) is 0 Å². The van der Waals surface area contributed by atoms with Crippen LogP contribution in [0.3, 0.4) is 0 Å². The second-order valence-electron chi connectivity index (χ2n) is 4.80. The predicted octanol–water partition coefficient (Wildman–Crippen LogP) is 5.76. The Morgan fingerprint density at radius 1 is 0.765 bits per heavy atom. The van der Waals surface area contributed by atoms with Crippen LogP contribution in [0.5, 0.6) is 0 Å². The Bertz CT molecular complexity index is 91.7. The lowest BCUT2D eigenvalue weighted by atomic mass is 9.91. The van der Waals surface area contributed by atoms with Crippen LogP contribution < -0.4 is 0 Å². The largest absolute Gasteiger partial charge is 0.412 e. The summed E-state index contributed by atoms with van der Waals surface area (Å²) in [6.07, 6.45) is 14.4. The van der Waals surface area contributed by atoms with Gasteiger partial charge in [0.25, 0.3) is 0 Å². The van der Waals surface area contributed by atoms with Crippen molar-refractivity contribution in [3.63, 3.8) is 0 Å². The average molecular weight is 246 g/mol. The molecule has 108 valence electrons. The Balaban J connectivity index is -0.000000191. The lowest BCUT2D eigenvalue weighted by Gasteiger charge is -2.15. The predicted molar refractivity (Wildman–Crippen MR) is 81.6 cm³/mol. The van der Waals surface area contributed by atoms with E-state index in [9.17, 15) is 0 Å². The summed E-state index contributed by atoms with van der Waals surface area (Å²) >= 11 is 0. The van der Waals surface area contributed by atoms with Crippen molar-refractivity contribution < 1.29 is 5.48 Å². The maximum absolute atomic E-state index is 2.36. The van der Waals surface area contributed by atoms with Crippen molar-refractivity contribution in [1.29, 1.82) is 0 Å². The first-order valence-electron chi connectivity index (χ1n) is 7.81. The van der Waals surface area contributed by atoms with Crippen LogP contribution in [-0.2, 0) is 0 Å². The molecule has 0 saturated heterocycles. The summed E-state index contributed by atoms with van der Waals surface area (Å²) in [5.74, 6) is 1.04. The summed E-state index contributed by atoms with van der Waals surface area (Å²) < 4.78 is 0. The van der Waals surface area contributed by atoms with Gasteiger partial charge < -0.3 is 5.48 Å². The molecular formula is C16H38O. The van der Waals surface area contributed by atoms with Gasteiger partial charge in [-0.2, -0.15) is 0 Å². The van der Waals surface area contributed by atoms with Crippen molar-refractivity contribution in [3.05, 3.63) is 0 Å². The first kappa shape index (κ1) is 22.2. The molecule has 1 rings (SSSR count). The summed E-state index contributed by atoms with van der Waals surface area (Å²) in [7, 11) is 0. The smallest absolute Gasteiger partial charge is 0.0443 e. The molecule has 0 amide bonds. The maximum atomic E-state index is 2.36. The van der Waals surface area contributed by atoms with Gasteiger partial charge in [0.15, 0.2) is 0 Å². The summed E-state index contributed by atoms with van der Waals surface area (Å²) in [5, 5.41) is 0. The summed E-state index contributed by atoms with van der Waals surface area (Å²) in [5.41, 5.74) is 0. The van der Waals surface area contributed by atoms with E-state index < -0.39 is 0 Å². The van der Waals surface area contributed by atoms with E-state index in [1.165, 1.54) is 64.2 Å². The van der Waals surface area contributed by atoms with Gasteiger partial charge in [-0.15, -0.1) is 0 Å². The highest BCUT2D eigenvalue weighted by molar-refractivity contribution is 4.59. The van der Waals surface area contributed by atoms with Crippen LogP contribution in [-0.4, -0.2) is 5.48 Å². The van der Waals surface area contributed by atoms with Crippen LogP contribution in [0.15, 0.2) is 0 Å². The maximum Gasteiger partial charge on any atom is -0.0443 e. The first-order chi connectivity index (χ1) is 7.81. The van der Waals surface area contributed by atoms with E-state index in [1.807, 2.05) is 13.8 Å². The van der Waals surface area contributed by atoms with Crippen LogP contribution in [0.1, 0.15) is 98.8 Å². The second kappa shape index (κ2) is 21.3. The highest BCUT2D eigenvalue weighted by Crippen LogP contribution is 2.22. The van der Waals surface area contributed by atoms with E-state index in [-0.39, 0.29) is 5.48 Å². The minimum absolute atomic E-state index is 0. The Kier molecular flexibility index (Phi) is 27.7. The van der Waals surface area contributed by atoms with E-state index in [4.69, 9.17) is 0 Å².